The third-order valence-electron chi connectivity index (χ3n) is 11.8. The fraction of sp³-hybridized carbons (Fsp3) is 0.0182. The van der Waals surface area contributed by atoms with Gasteiger partial charge in [-0.25, -0.2) is 0 Å². The van der Waals surface area contributed by atoms with Crippen molar-refractivity contribution in [3.8, 4) is 33.4 Å². The first-order chi connectivity index (χ1) is 28.3. The van der Waals surface area contributed by atoms with Crippen molar-refractivity contribution in [1.29, 1.82) is 0 Å². The van der Waals surface area contributed by atoms with Crippen molar-refractivity contribution >= 4 is 38.9 Å². The molecule has 268 valence electrons. The maximum Gasteiger partial charge on any atom is 0.122 e. The molecule has 2 nitrogen and oxygen atoms in total. The summed E-state index contributed by atoms with van der Waals surface area (Å²) in [4.78, 5) is 2.44. The van der Waals surface area contributed by atoms with Crippen molar-refractivity contribution in [3.05, 3.63) is 247 Å². The van der Waals surface area contributed by atoms with E-state index in [-0.39, 0.29) is 0 Å². The molecular weight excluding hydrogens is 689 g/mol. The molecule has 0 fully saturated rings. The summed E-state index contributed by atoms with van der Waals surface area (Å²) >= 11 is 0. The molecule has 0 saturated carbocycles. The minimum absolute atomic E-state index is 0.617. The predicted octanol–water partition coefficient (Wildman–Crippen LogP) is 14.4. The maximum absolute atomic E-state index is 2.64. The van der Waals surface area contributed by atoms with Gasteiger partial charge in [0.05, 0.1) is 16.7 Å². The molecule has 10 aromatic rings. The lowest BCUT2D eigenvalue weighted by atomic mass is 9.80. The van der Waals surface area contributed by atoms with E-state index < -0.39 is 5.54 Å². The first-order valence-corrected chi connectivity index (χ1v) is 19.7. The molecule has 0 amide bonds. The van der Waals surface area contributed by atoms with E-state index in [1.807, 2.05) is 0 Å². The van der Waals surface area contributed by atoms with Crippen LogP contribution < -0.4 is 4.90 Å². The Morgan fingerprint density at radius 3 is 1.33 bits per heavy atom. The van der Waals surface area contributed by atoms with Gasteiger partial charge in [-0.2, -0.15) is 0 Å². The Morgan fingerprint density at radius 2 is 0.772 bits per heavy atom. The molecule has 0 spiro atoms. The maximum atomic E-state index is 2.64. The van der Waals surface area contributed by atoms with Crippen molar-refractivity contribution in [3.63, 3.8) is 0 Å². The number of nitrogens with zero attached hydrogens (tertiary/aromatic N) is 2. The van der Waals surface area contributed by atoms with Crippen LogP contribution in [0.2, 0.25) is 0 Å². The molecule has 1 aromatic heterocycles. The highest BCUT2D eigenvalue weighted by Crippen LogP contribution is 2.56. The Labute approximate surface area is 333 Å². The first-order valence-electron chi connectivity index (χ1n) is 19.7. The Hall–Kier alpha value is -7.42. The van der Waals surface area contributed by atoms with Gasteiger partial charge in [0.15, 0.2) is 0 Å². The van der Waals surface area contributed by atoms with Gasteiger partial charge in [0.25, 0.3) is 0 Å². The van der Waals surface area contributed by atoms with Crippen LogP contribution in [0.4, 0.5) is 17.1 Å². The molecule has 0 N–H and O–H groups in total. The van der Waals surface area contributed by atoms with E-state index in [0.717, 1.165) is 17.1 Å². The third-order valence-corrected chi connectivity index (χ3v) is 11.8. The molecule has 0 saturated heterocycles. The summed E-state index contributed by atoms with van der Waals surface area (Å²) in [5.41, 5.74) is 16.2. The molecule has 0 atom stereocenters. The van der Waals surface area contributed by atoms with Crippen LogP contribution in [0.15, 0.2) is 231 Å². The van der Waals surface area contributed by atoms with Crippen molar-refractivity contribution in [2.75, 3.05) is 4.90 Å². The van der Waals surface area contributed by atoms with E-state index in [4.69, 9.17) is 0 Å². The van der Waals surface area contributed by atoms with Crippen molar-refractivity contribution in [2.45, 2.75) is 5.54 Å². The van der Waals surface area contributed by atoms with Gasteiger partial charge in [-0.1, -0.05) is 188 Å². The van der Waals surface area contributed by atoms with E-state index in [9.17, 15) is 0 Å². The number of para-hydroxylation sites is 1. The summed E-state index contributed by atoms with van der Waals surface area (Å²) in [5.74, 6) is 0. The van der Waals surface area contributed by atoms with Gasteiger partial charge in [-0.3, -0.25) is 0 Å². The average Bonchev–Trinajstić information content (AvgIpc) is 3.79. The first kappa shape index (κ1) is 33.0. The summed E-state index contributed by atoms with van der Waals surface area (Å²) in [7, 11) is 0. The van der Waals surface area contributed by atoms with Gasteiger partial charge in [-0.05, 0) is 92.5 Å². The zero-order valence-electron chi connectivity index (χ0n) is 31.3. The number of hydrogen-bond acceptors (Lipinski definition) is 1. The molecule has 2 heteroatoms. The number of rotatable bonds is 7. The van der Waals surface area contributed by atoms with Crippen LogP contribution in [-0.2, 0) is 5.54 Å². The van der Waals surface area contributed by atoms with E-state index in [1.54, 1.807) is 0 Å². The Kier molecular flexibility index (Phi) is 7.75. The minimum atomic E-state index is -0.617. The molecule has 11 rings (SSSR count). The third kappa shape index (κ3) is 5.11. The summed E-state index contributed by atoms with van der Waals surface area (Å²) in [6.07, 6.45) is 0. The summed E-state index contributed by atoms with van der Waals surface area (Å²) in [6, 6.07) is 84.2. The van der Waals surface area contributed by atoms with Gasteiger partial charge in [0, 0.05) is 22.1 Å². The van der Waals surface area contributed by atoms with Crippen LogP contribution in [0.25, 0.3) is 55.2 Å². The predicted molar refractivity (Wildman–Crippen MR) is 239 cm³/mol. The molecule has 1 aliphatic rings. The molecule has 0 bridgehead atoms. The van der Waals surface area contributed by atoms with E-state index in [0.29, 0.717) is 0 Å². The van der Waals surface area contributed by atoms with Crippen LogP contribution in [0.1, 0.15) is 16.7 Å². The van der Waals surface area contributed by atoms with Crippen LogP contribution in [0.3, 0.4) is 0 Å². The van der Waals surface area contributed by atoms with Gasteiger partial charge in [0.1, 0.15) is 5.54 Å². The number of anilines is 3. The summed E-state index contributed by atoms with van der Waals surface area (Å²) < 4.78 is 2.64. The van der Waals surface area contributed by atoms with Gasteiger partial charge >= 0.3 is 0 Å². The fourth-order valence-electron chi connectivity index (χ4n) is 9.41. The number of hydrogen-bond donors (Lipinski definition) is 0. The Balaban J connectivity index is 1.20. The Bertz CT molecular complexity index is 2910. The monoisotopic (exact) mass is 726 g/mol. The van der Waals surface area contributed by atoms with Crippen LogP contribution in [0, 0.1) is 0 Å². The lowest BCUT2D eigenvalue weighted by Crippen LogP contribution is -2.35. The van der Waals surface area contributed by atoms with Gasteiger partial charge < -0.3 is 9.47 Å². The molecule has 57 heavy (non-hydrogen) atoms. The second kappa shape index (κ2) is 13.4. The largest absolute Gasteiger partial charge is 0.322 e. The number of aromatic nitrogens is 1. The SMILES string of the molecule is c1ccc(-c2ccc(N(c3ccc(-c4ccccc4)cc3)c3cccc4c3c3ccccc3n4C3(c4ccccc4)c4ccccc4-c4ccccc43)cc2)cc1. The smallest absolute Gasteiger partial charge is 0.122 e. The van der Waals surface area contributed by atoms with Crippen molar-refractivity contribution in [2.24, 2.45) is 0 Å². The number of fused-ring (bicyclic) bond motifs is 6. The van der Waals surface area contributed by atoms with Gasteiger partial charge in [-0.15, -0.1) is 0 Å². The van der Waals surface area contributed by atoms with Crippen LogP contribution in [0.5, 0.6) is 0 Å². The summed E-state index contributed by atoms with van der Waals surface area (Å²) in [6.45, 7) is 0. The topological polar surface area (TPSA) is 8.17 Å². The highest BCUT2D eigenvalue weighted by Gasteiger charge is 2.47. The van der Waals surface area contributed by atoms with Crippen LogP contribution in [-0.4, -0.2) is 4.57 Å². The van der Waals surface area contributed by atoms with E-state index in [1.165, 1.54) is 71.9 Å². The van der Waals surface area contributed by atoms with Crippen molar-refractivity contribution in [1.82, 2.24) is 4.57 Å². The van der Waals surface area contributed by atoms with Gasteiger partial charge in [0.2, 0.25) is 0 Å². The Morgan fingerprint density at radius 1 is 0.333 bits per heavy atom. The fourth-order valence-corrected chi connectivity index (χ4v) is 9.41. The standard InChI is InChI=1S/C55H38N2/c1-4-17-39(18-5-1)41-31-35-44(36-32-41)56(45-37-33-42(34-38-45)40-19-6-2-7-20-40)52-29-16-30-53-54(52)48-25-12-15-28-51(48)57(53)55(43-21-8-3-9-22-43)49-26-13-10-23-46(49)47-24-11-14-27-50(47)55/h1-38H. The molecule has 1 aliphatic carbocycles. The second-order valence-corrected chi connectivity index (χ2v) is 14.9. The molecule has 0 unspecified atom stereocenters. The lowest BCUT2D eigenvalue weighted by Gasteiger charge is -2.36. The molecule has 0 radical (unpaired) electrons. The minimum Gasteiger partial charge on any atom is -0.322 e. The van der Waals surface area contributed by atoms with Crippen LogP contribution >= 0.6 is 0 Å². The molecule has 0 aliphatic heterocycles. The molecular formula is C55H38N2. The normalized spacial score (nSPS) is 12.7. The number of benzene rings is 9. The molecule has 9 aromatic carbocycles. The quantitative estimate of drug-likeness (QED) is 0.159. The average molecular weight is 727 g/mol. The zero-order chi connectivity index (χ0) is 37.8. The summed E-state index contributed by atoms with van der Waals surface area (Å²) in [5, 5.41) is 2.43. The zero-order valence-corrected chi connectivity index (χ0v) is 31.3. The highest BCUT2D eigenvalue weighted by molar-refractivity contribution is 6.16. The highest BCUT2D eigenvalue weighted by atomic mass is 15.2. The van der Waals surface area contributed by atoms with E-state index >= 15 is 0 Å². The molecule has 1 heterocycles. The lowest BCUT2D eigenvalue weighted by molar-refractivity contribution is 0.564. The van der Waals surface area contributed by atoms with Crippen molar-refractivity contribution < 1.29 is 0 Å². The second-order valence-electron chi connectivity index (χ2n) is 14.9. The van der Waals surface area contributed by atoms with E-state index in [2.05, 4.69) is 240 Å².